The van der Waals surface area contributed by atoms with Crippen LogP contribution in [-0.4, -0.2) is 18.7 Å². The van der Waals surface area contributed by atoms with Gasteiger partial charge in [0.05, 0.1) is 12.8 Å². The van der Waals surface area contributed by atoms with Crippen LogP contribution in [0, 0.1) is 0 Å². The largest absolute Gasteiger partial charge is 0.469 e. The van der Waals surface area contributed by atoms with Crippen LogP contribution in [0.2, 0.25) is 0 Å². The summed E-state index contributed by atoms with van der Waals surface area (Å²) >= 11 is 0. The molecule has 0 aliphatic carbocycles. The Morgan fingerprint density at radius 1 is 1.00 bits per heavy atom. The van der Waals surface area contributed by atoms with Crippen LogP contribution in [-0.2, 0) is 9.53 Å². The monoisotopic (exact) mass is 286 g/mol. The van der Waals surface area contributed by atoms with Crippen molar-refractivity contribution in [3.8, 4) is 0 Å². The first-order valence-electron chi connectivity index (χ1n) is 6.75. The molecule has 0 heterocycles. The Morgan fingerprint density at radius 2 is 1.45 bits per heavy atom. The van der Waals surface area contributed by atoms with E-state index in [0.717, 1.165) is 6.42 Å². The first-order chi connectivity index (χ1) is 9.77. The van der Waals surface area contributed by atoms with Crippen molar-refractivity contribution in [1.82, 2.24) is 0 Å². The van der Waals surface area contributed by atoms with E-state index in [1.807, 2.05) is 43.3 Å². The highest BCUT2D eigenvalue weighted by Gasteiger charge is 2.29. The minimum Gasteiger partial charge on any atom is -0.469 e. The molecule has 0 fully saturated rings. The van der Waals surface area contributed by atoms with Crippen LogP contribution in [0.25, 0.3) is 0 Å². The van der Waals surface area contributed by atoms with Crippen LogP contribution in [0.3, 0.4) is 0 Å². The topological polar surface area (TPSA) is 26.3 Å². The molecule has 0 saturated carbocycles. The Balaban J connectivity index is 2.47. The van der Waals surface area contributed by atoms with Crippen LogP contribution >= 0.6 is 7.92 Å². The third kappa shape index (κ3) is 3.26. The van der Waals surface area contributed by atoms with Gasteiger partial charge in [-0.2, -0.15) is 0 Å². The number of carbonyl (C=O) groups is 1. The van der Waals surface area contributed by atoms with Crippen LogP contribution in [0.15, 0.2) is 60.7 Å². The maximum Gasteiger partial charge on any atom is 0.313 e. The Kier molecular flexibility index (Phi) is 5.31. The zero-order chi connectivity index (χ0) is 14.4. The van der Waals surface area contributed by atoms with Gasteiger partial charge in [0.2, 0.25) is 0 Å². The average molecular weight is 286 g/mol. The lowest BCUT2D eigenvalue weighted by Gasteiger charge is -2.25. The summed E-state index contributed by atoms with van der Waals surface area (Å²) in [7, 11) is 0.733. The summed E-state index contributed by atoms with van der Waals surface area (Å²) in [6.45, 7) is 2.04. The number of ether oxygens (including phenoxy) is 1. The quantitative estimate of drug-likeness (QED) is 0.624. The number of hydrogen-bond donors (Lipinski definition) is 0. The van der Waals surface area contributed by atoms with Crippen molar-refractivity contribution in [1.29, 1.82) is 0 Å². The zero-order valence-electron chi connectivity index (χ0n) is 11.8. The fourth-order valence-electron chi connectivity index (χ4n) is 2.28. The first kappa shape index (κ1) is 14.7. The Hall–Kier alpha value is -1.66. The van der Waals surface area contributed by atoms with Gasteiger partial charge < -0.3 is 4.74 Å². The molecular weight excluding hydrogens is 267 g/mol. The van der Waals surface area contributed by atoms with Crippen molar-refractivity contribution >= 4 is 24.5 Å². The van der Waals surface area contributed by atoms with E-state index in [4.69, 9.17) is 4.74 Å². The summed E-state index contributed by atoms with van der Waals surface area (Å²) < 4.78 is 5.00. The maximum atomic E-state index is 12.1. The van der Waals surface area contributed by atoms with E-state index in [2.05, 4.69) is 24.3 Å². The van der Waals surface area contributed by atoms with Gasteiger partial charge >= 0.3 is 5.97 Å². The van der Waals surface area contributed by atoms with Crippen LogP contribution in [0.1, 0.15) is 13.3 Å². The van der Waals surface area contributed by atoms with Gasteiger partial charge in [0.15, 0.2) is 0 Å². The molecule has 2 nitrogen and oxygen atoms in total. The molecule has 3 heteroatoms. The van der Waals surface area contributed by atoms with Gasteiger partial charge in [-0.3, -0.25) is 4.79 Å². The summed E-state index contributed by atoms with van der Waals surface area (Å²) in [5.41, 5.74) is -0.0974. The summed E-state index contributed by atoms with van der Waals surface area (Å²) in [5, 5.41) is 2.43. The number of esters is 1. The van der Waals surface area contributed by atoms with Gasteiger partial charge in [-0.15, -0.1) is 0 Å². The summed E-state index contributed by atoms with van der Waals surface area (Å²) in [4.78, 5) is 12.1. The normalized spacial score (nSPS) is 12.2. The molecule has 104 valence electrons. The second-order valence-corrected chi connectivity index (χ2v) is 6.88. The zero-order valence-corrected chi connectivity index (χ0v) is 12.7. The molecule has 0 radical (unpaired) electrons. The highest BCUT2D eigenvalue weighted by atomic mass is 31.1. The van der Waals surface area contributed by atoms with Crippen molar-refractivity contribution in [2.45, 2.75) is 19.0 Å². The highest BCUT2D eigenvalue weighted by molar-refractivity contribution is 7.74. The molecule has 1 atom stereocenters. The van der Waals surface area contributed by atoms with E-state index < -0.39 is 7.92 Å². The maximum absolute atomic E-state index is 12.1. The molecular formula is C17H19O2P. The lowest BCUT2D eigenvalue weighted by atomic mass is 10.3. The van der Waals surface area contributed by atoms with Crippen molar-refractivity contribution in [2.24, 2.45) is 0 Å². The van der Waals surface area contributed by atoms with E-state index in [1.165, 1.54) is 17.7 Å². The molecule has 0 aliphatic heterocycles. The molecule has 1 unspecified atom stereocenters. The number of hydrogen-bond acceptors (Lipinski definition) is 2. The van der Waals surface area contributed by atoms with Crippen molar-refractivity contribution in [3.05, 3.63) is 60.7 Å². The molecule has 2 aromatic carbocycles. The van der Waals surface area contributed by atoms with Crippen molar-refractivity contribution < 1.29 is 9.53 Å². The van der Waals surface area contributed by atoms with E-state index in [-0.39, 0.29) is 11.6 Å². The third-order valence-corrected chi connectivity index (χ3v) is 6.15. The number of rotatable bonds is 5. The lowest BCUT2D eigenvalue weighted by Crippen LogP contribution is -2.28. The van der Waals surface area contributed by atoms with Gasteiger partial charge in [-0.05, 0) is 25.0 Å². The first-order valence-corrected chi connectivity index (χ1v) is 8.16. The smallest absolute Gasteiger partial charge is 0.313 e. The summed E-state index contributed by atoms with van der Waals surface area (Å²) in [6.07, 6.45) is 0.780. The van der Waals surface area contributed by atoms with E-state index >= 15 is 0 Å². The van der Waals surface area contributed by atoms with Crippen LogP contribution in [0.5, 0.6) is 0 Å². The van der Waals surface area contributed by atoms with Gasteiger partial charge in [-0.1, -0.05) is 67.6 Å². The second-order valence-electron chi connectivity index (χ2n) is 4.49. The fourth-order valence-corrected chi connectivity index (χ4v) is 4.96. The SMILES string of the molecule is CCC(C(=O)OC)P(c1ccccc1)c1ccccc1. The molecule has 20 heavy (non-hydrogen) atoms. The third-order valence-electron chi connectivity index (χ3n) is 3.24. The molecule has 0 amide bonds. The number of carbonyl (C=O) groups excluding carboxylic acids is 1. The molecule has 0 N–H and O–H groups in total. The van der Waals surface area contributed by atoms with Crippen molar-refractivity contribution in [2.75, 3.05) is 7.11 Å². The van der Waals surface area contributed by atoms with E-state index in [9.17, 15) is 4.79 Å². The van der Waals surface area contributed by atoms with E-state index in [1.54, 1.807) is 0 Å². The van der Waals surface area contributed by atoms with Gasteiger partial charge in [0, 0.05) is 0 Å². The standard InChI is InChI=1S/C17H19O2P/c1-3-16(17(18)19-2)20(14-10-6-4-7-11-14)15-12-8-5-9-13-15/h4-13,16H,3H2,1-2H3. The highest BCUT2D eigenvalue weighted by Crippen LogP contribution is 2.41. The molecule has 2 rings (SSSR count). The Morgan fingerprint density at radius 3 is 1.80 bits per heavy atom. The predicted octanol–water partition coefficient (Wildman–Crippen LogP) is 3.07. The summed E-state index contributed by atoms with van der Waals surface area (Å²) in [6, 6.07) is 20.5. The minimum atomic E-state index is -0.734. The molecule has 0 aliphatic rings. The molecule has 0 saturated heterocycles. The van der Waals surface area contributed by atoms with Crippen LogP contribution < -0.4 is 10.6 Å². The van der Waals surface area contributed by atoms with E-state index in [0.29, 0.717) is 0 Å². The van der Waals surface area contributed by atoms with Gasteiger partial charge in [-0.25, -0.2) is 0 Å². The number of methoxy groups -OCH3 is 1. The predicted molar refractivity (Wildman–Crippen MR) is 85.2 cm³/mol. The van der Waals surface area contributed by atoms with Crippen LogP contribution in [0.4, 0.5) is 0 Å². The van der Waals surface area contributed by atoms with Gasteiger partial charge in [0.25, 0.3) is 0 Å². The molecule has 0 spiro atoms. The summed E-state index contributed by atoms with van der Waals surface area (Å²) in [5.74, 6) is -0.119. The molecule has 0 aromatic heterocycles. The Labute approximate surface area is 121 Å². The number of benzene rings is 2. The van der Waals surface area contributed by atoms with Gasteiger partial charge in [0.1, 0.15) is 0 Å². The molecule has 0 bridgehead atoms. The minimum absolute atomic E-state index is 0.0974. The fraction of sp³-hybridized carbons (Fsp3) is 0.235. The lowest BCUT2D eigenvalue weighted by molar-refractivity contribution is -0.140. The molecule has 2 aromatic rings. The average Bonchev–Trinajstić information content (AvgIpc) is 2.53. The van der Waals surface area contributed by atoms with Crippen molar-refractivity contribution in [3.63, 3.8) is 0 Å². The Bertz CT molecular complexity index is 500. The second kappa shape index (κ2) is 7.21.